The molecule has 166 valence electrons. The van der Waals surface area contributed by atoms with Gasteiger partial charge >= 0.3 is 35.3 Å². The summed E-state index contributed by atoms with van der Waals surface area (Å²) in [7, 11) is 9.75. The van der Waals surface area contributed by atoms with E-state index in [1.807, 2.05) is 55.4 Å². The number of piperidine rings is 2. The van der Waals surface area contributed by atoms with Gasteiger partial charge in [-0.25, -0.2) is 0 Å². The van der Waals surface area contributed by atoms with E-state index in [4.69, 9.17) is 30.3 Å². The minimum absolute atomic E-state index is 0.0431. The maximum atomic E-state index is 9.83. The van der Waals surface area contributed by atoms with Gasteiger partial charge in [0.2, 0.25) is 0 Å². The Bertz CT molecular complexity index is 389. The van der Waals surface area contributed by atoms with Crippen LogP contribution in [0.25, 0.3) is 11.5 Å². The summed E-state index contributed by atoms with van der Waals surface area (Å²) in [5, 5.41) is 22.5. The zero-order chi connectivity index (χ0) is 21.8. The van der Waals surface area contributed by atoms with Crippen molar-refractivity contribution in [1.82, 2.24) is 10.1 Å². The molecular weight excluding hydrogens is 570 g/mol. The van der Waals surface area contributed by atoms with Crippen LogP contribution in [0.15, 0.2) is 0 Å². The average Bonchev–Trinajstić information content (AvgIpc) is 2.42. The van der Waals surface area contributed by atoms with Crippen LogP contribution in [0.3, 0.4) is 0 Å². The van der Waals surface area contributed by atoms with Crippen molar-refractivity contribution in [2.24, 2.45) is 0 Å². The van der Waals surface area contributed by atoms with Crippen LogP contribution in [0.2, 0.25) is 0 Å². The third kappa shape index (κ3) is 8.35. The maximum absolute atomic E-state index is 9.83. The summed E-state index contributed by atoms with van der Waals surface area (Å²) in [6.45, 7) is 15.9. The molecule has 2 fully saturated rings. The summed E-state index contributed by atoms with van der Waals surface area (Å²) >= 11 is -0.472. The van der Waals surface area contributed by atoms with E-state index in [0.717, 1.165) is 25.7 Å². The van der Waals surface area contributed by atoms with E-state index in [0.29, 0.717) is 0 Å². The van der Waals surface area contributed by atoms with Crippen LogP contribution in [0, 0.1) is 0 Å². The second-order valence-electron chi connectivity index (χ2n) is 10.1. The predicted octanol–water partition coefficient (Wildman–Crippen LogP) is 6.28. The molecule has 0 aromatic rings. The summed E-state index contributed by atoms with van der Waals surface area (Å²) in [5.74, 6) is 0. The first-order valence-electron chi connectivity index (χ1n) is 9.16. The summed E-state index contributed by atoms with van der Waals surface area (Å²) in [4.78, 5) is 0. The summed E-state index contributed by atoms with van der Waals surface area (Å²) in [6.07, 6.45) is 2.97. The molecule has 0 aromatic carbocycles. The molecular formula is C18H38Cl2N4O2Pt. The first-order chi connectivity index (χ1) is 11.9. The predicted molar refractivity (Wildman–Crippen MR) is 110 cm³/mol. The van der Waals surface area contributed by atoms with E-state index >= 15 is 0 Å². The number of hydroxylamine groups is 4. The molecule has 0 unspecified atom stereocenters. The van der Waals surface area contributed by atoms with Gasteiger partial charge < -0.3 is 21.9 Å². The second kappa shape index (κ2) is 10.4. The molecule has 0 aliphatic carbocycles. The fraction of sp³-hybridized carbons (Fsp3) is 1.00. The molecule has 0 aromatic heterocycles. The number of hydrogen-bond acceptors (Lipinski definition) is 4. The Labute approximate surface area is 182 Å². The van der Waals surface area contributed by atoms with Gasteiger partial charge in [0, 0.05) is 22.2 Å². The van der Waals surface area contributed by atoms with Crippen LogP contribution in [-0.2, 0) is 16.5 Å². The molecule has 0 amide bonds. The van der Waals surface area contributed by atoms with E-state index in [1.54, 1.807) is 0 Å². The molecule has 6 nitrogen and oxygen atoms in total. The summed E-state index contributed by atoms with van der Waals surface area (Å²) < 4.78 is 0. The quantitative estimate of drug-likeness (QED) is 0.339. The molecule has 2 aliphatic heterocycles. The molecule has 0 spiro atoms. The Morgan fingerprint density at radius 3 is 0.963 bits per heavy atom. The standard InChI is InChI=1S/2C9H19N2O.2ClH.Pt/c2*1-8(2)5-7(10)6-9(3,4)11(8)12;;;/h2*7,10,12H,5-6H2,1-4H3;2*1H;/q2*-1;;;+4/p-2. The molecule has 2 aliphatic rings. The van der Waals surface area contributed by atoms with Gasteiger partial charge in [-0.05, 0) is 81.1 Å². The van der Waals surface area contributed by atoms with E-state index in [-0.39, 0.29) is 34.2 Å². The van der Waals surface area contributed by atoms with Crippen LogP contribution in [-0.4, -0.2) is 54.8 Å². The van der Waals surface area contributed by atoms with Crippen LogP contribution >= 0.6 is 18.8 Å². The Hall–Kier alpha value is 1.03. The molecule has 2 saturated heterocycles. The van der Waals surface area contributed by atoms with Crippen LogP contribution in [0.1, 0.15) is 81.1 Å². The number of nitrogens with zero attached hydrogens (tertiary/aromatic N) is 2. The Morgan fingerprint density at radius 2 is 0.815 bits per heavy atom. The van der Waals surface area contributed by atoms with Crippen molar-refractivity contribution in [3.05, 3.63) is 11.5 Å². The van der Waals surface area contributed by atoms with Crippen molar-refractivity contribution >= 4 is 18.8 Å². The SMILES string of the molecule is CC1(C)CC([NH-])CC(C)(C)N1O.CC1(C)CC([NH-])CC(C)(C)N1O.[Cl][Pt+2][Cl]. The van der Waals surface area contributed by atoms with Crippen LogP contribution in [0.5, 0.6) is 0 Å². The van der Waals surface area contributed by atoms with Gasteiger partial charge in [0.1, 0.15) is 0 Å². The monoisotopic (exact) mass is 607 g/mol. The van der Waals surface area contributed by atoms with Crippen molar-refractivity contribution in [2.45, 2.75) is 115 Å². The van der Waals surface area contributed by atoms with Gasteiger partial charge in [-0.15, -0.1) is 12.1 Å². The molecule has 0 atom stereocenters. The molecule has 27 heavy (non-hydrogen) atoms. The molecule has 4 N–H and O–H groups in total. The molecule has 0 bridgehead atoms. The van der Waals surface area contributed by atoms with Crippen LogP contribution in [0.4, 0.5) is 0 Å². The minimum atomic E-state index is -0.472. The topological polar surface area (TPSA) is 94.5 Å². The Balaban J connectivity index is 0.000000438. The van der Waals surface area contributed by atoms with Crippen molar-refractivity contribution in [3.63, 3.8) is 0 Å². The summed E-state index contributed by atoms with van der Waals surface area (Å²) in [6, 6.07) is -0.0863. The third-order valence-corrected chi connectivity index (χ3v) is 5.28. The van der Waals surface area contributed by atoms with Gasteiger partial charge in [0.05, 0.1) is 0 Å². The molecule has 9 heteroatoms. The van der Waals surface area contributed by atoms with Crippen molar-refractivity contribution < 1.29 is 26.9 Å². The van der Waals surface area contributed by atoms with E-state index in [9.17, 15) is 10.4 Å². The summed E-state index contributed by atoms with van der Waals surface area (Å²) in [5.41, 5.74) is 14.4. The van der Waals surface area contributed by atoms with E-state index in [1.165, 1.54) is 10.1 Å². The molecule has 0 radical (unpaired) electrons. The Kier molecular flexibility index (Phi) is 10.8. The third-order valence-electron chi connectivity index (χ3n) is 5.28. The zero-order valence-corrected chi connectivity index (χ0v) is 21.6. The molecule has 2 rings (SSSR count). The number of halogens is 2. The van der Waals surface area contributed by atoms with Crippen molar-refractivity contribution in [2.75, 3.05) is 0 Å². The van der Waals surface area contributed by atoms with Crippen molar-refractivity contribution in [3.8, 4) is 0 Å². The van der Waals surface area contributed by atoms with Gasteiger partial charge in [-0.1, -0.05) is 0 Å². The fourth-order valence-corrected chi connectivity index (χ4v) is 4.54. The number of rotatable bonds is 0. The van der Waals surface area contributed by atoms with Gasteiger partial charge in [0.15, 0.2) is 0 Å². The van der Waals surface area contributed by atoms with Gasteiger partial charge in [0.25, 0.3) is 0 Å². The average molecular weight is 609 g/mol. The molecule has 0 saturated carbocycles. The van der Waals surface area contributed by atoms with Crippen LogP contribution < -0.4 is 0 Å². The Morgan fingerprint density at radius 1 is 0.667 bits per heavy atom. The van der Waals surface area contributed by atoms with Gasteiger partial charge in [-0.2, -0.15) is 10.1 Å². The van der Waals surface area contributed by atoms with Gasteiger partial charge in [-0.3, -0.25) is 0 Å². The van der Waals surface area contributed by atoms with E-state index in [2.05, 4.69) is 0 Å². The number of nitrogens with one attached hydrogen (secondary N) is 2. The second-order valence-corrected chi connectivity index (χ2v) is 13.4. The fourth-order valence-electron chi connectivity index (χ4n) is 4.54. The molecule has 2 heterocycles. The first-order valence-corrected chi connectivity index (χ1v) is 14.8. The first kappa shape index (κ1) is 28.0. The zero-order valence-electron chi connectivity index (χ0n) is 17.8. The van der Waals surface area contributed by atoms with E-state index < -0.39 is 16.5 Å². The number of hydrogen-bond donors (Lipinski definition) is 2. The normalized spacial score (nSPS) is 27.9. The van der Waals surface area contributed by atoms with Crippen molar-refractivity contribution in [1.29, 1.82) is 0 Å².